The predicted octanol–water partition coefficient (Wildman–Crippen LogP) is -0.264. The molecule has 0 radical (unpaired) electrons. The van der Waals surface area contributed by atoms with Crippen molar-refractivity contribution in [3.05, 3.63) is 35.4 Å². The van der Waals surface area contributed by atoms with E-state index in [9.17, 15) is 19.2 Å². The van der Waals surface area contributed by atoms with Crippen molar-refractivity contribution in [2.24, 2.45) is 11.7 Å². The van der Waals surface area contributed by atoms with E-state index < -0.39 is 29.2 Å². The van der Waals surface area contributed by atoms with Crippen LogP contribution in [0.15, 0.2) is 24.3 Å². The van der Waals surface area contributed by atoms with Crippen molar-refractivity contribution in [2.45, 2.75) is 0 Å². The zero-order valence-corrected chi connectivity index (χ0v) is 8.10. The van der Waals surface area contributed by atoms with Crippen LogP contribution in [0.4, 0.5) is 0 Å². The quantitative estimate of drug-likeness (QED) is 0.517. The van der Waals surface area contributed by atoms with E-state index in [2.05, 4.69) is 0 Å². The number of carbonyl (C=O) groups is 4. The Balaban J connectivity index is 2.65. The average Bonchev–Trinajstić information content (AvgIpc) is 2.26. The van der Waals surface area contributed by atoms with Gasteiger partial charge in [0.2, 0.25) is 17.5 Å². The molecule has 0 heterocycles. The second-order valence-corrected chi connectivity index (χ2v) is 3.44. The SMILES string of the molecule is NC(=O)C1C(=O)C(=O)c2ccccc2C1=O. The van der Waals surface area contributed by atoms with Crippen LogP contribution >= 0.6 is 0 Å². The molecule has 0 spiro atoms. The van der Waals surface area contributed by atoms with Crippen molar-refractivity contribution in [1.82, 2.24) is 0 Å². The molecule has 0 saturated carbocycles. The molecular formula is C11H7NO4. The summed E-state index contributed by atoms with van der Waals surface area (Å²) >= 11 is 0. The molecule has 1 aliphatic rings. The highest BCUT2D eigenvalue weighted by molar-refractivity contribution is 6.55. The largest absolute Gasteiger partial charge is 0.369 e. The number of amides is 1. The van der Waals surface area contributed by atoms with E-state index in [0.29, 0.717) is 0 Å². The highest BCUT2D eigenvalue weighted by Crippen LogP contribution is 2.22. The molecule has 1 unspecified atom stereocenters. The number of hydrogen-bond acceptors (Lipinski definition) is 4. The lowest BCUT2D eigenvalue weighted by atomic mass is 9.80. The predicted molar refractivity (Wildman–Crippen MR) is 52.8 cm³/mol. The fraction of sp³-hybridized carbons (Fsp3) is 0.0909. The van der Waals surface area contributed by atoms with Crippen LogP contribution in [0.25, 0.3) is 0 Å². The van der Waals surface area contributed by atoms with Gasteiger partial charge in [0.05, 0.1) is 0 Å². The standard InChI is InChI=1S/C11H7NO4/c12-11(16)7-8(13)5-3-1-2-4-6(5)9(14)10(7)15/h1-4,7H,(H2,12,16). The first kappa shape index (κ1) is 10.2. The smallest absolute Gasteiger partial charge is 0.236 e. The zero-order valence-electron chi connectivity index (χ0n) is 8.10. The van der Waals surface area contributed by atoms with Gasteiger partial charge in [-0.3, -0.25) is 19.2 Å². The van der Waals surface area contributed by atoms with Gasteiger partial charge in [-0.25, -0.2) is 0 Å². The number of rotatable bonds is 1. The highest BCUT2D eigenvalue weighted by atomic mass is 16.2. The van der Waals surface area contributed by atoms with Gasteiger partial charge in [-0.15, -0.1) is 0 Å². The fourth-order valence-electron chi connectivity index (χ4n) is 1.69. The lowest BCUT2D eigenvalue weighted by Crippen LogP contribution is -2.44. The molecule has 1 aromatic rings. The molecule has 1 atom stereocenters. The van der Waals surface area contributed by atoms with Crippen LogP contribution < -0.4 is 5.73 Å². The summed E-state index contributed by atoms with van der Waals surface area (Å²) in [5.74, 6) is -5.33. The molecule has 1 aliphatic carbocycles. The average molecular weight is 217 g/mol. The van der Waals surface area contributed by atoms with Crippen molar-refractivity contribution < 1.29 is 19.2 Å². The minimum absolute atomic E-state index is 0.0370. The normalized spacial score (nSPS) is 19.5. The van der Waals surface area contributed by atoms with Crippen molar-refractivity contribution in [1.29, 1.82) is 0 Å². The number of benzene rings is 1. The zero-order chi connectivity index (χ0) is 11.9. The van der Waals surface area contributed by atoms with Gasteiger partial charge in [0.1, 0.15) is 0 Å². The molecule has 5 nitrogen and oxygen atoms in total. The van der Waals surface area contributed by atoms with Crippen LogP contribution in [0.3, 0.4) is 0 Å². The van der Waals surface area contributed by atoms with Crippen LogP contribution in [0.5, 0.6) is 0 Å². The first-order valence-corrected chi connectivity index (χ1v) is 4.55. The van der Waals surface area contributed by atoms with Crippen molar-refractivity contribution in [3.63, 3.8) is 0 Å². The third kappa shape index (κ3) is 1.25. The summed E-state index contributed by atoms with van der Waals surface area (Å²) in [7, 11) is 0. The molecule has 1 amide bonds. The molecule has 0 fully saturated rings. The lowest BCUT2D eigenvalue weighted by Gasteiger charge is -2.18. The third-order valence-electron chi connectivity index (χ3n) is 2.47. The Morgan fingerprint density at radius 2 is 1.56 bits per heavy atom. The van der Waals surface area contributed by atoms with Crippen molar-refractivity contribution in [3.8, 4) is 0 Å². The second kappa shape index (κ2) is 3.37. The maximum atomic E-state index is 11.7. The number of Topliss-reactive ketones (excluding diaryl/α,β-unsaturated/α-hetero) is 3. The van der Waals surface area contributed by atoms with E-state index in [1.165, 1.54) is 12.1 Å². The van der Waals surface area contributed by atoms with E-state index in [4.69, 9.17) is 5.73 Å². The molecule has 2 rings (SSSR count). The number of fused-ring (bicyclic) bond motifs is 1. The molecule has 16 heavy (non-hydrogen) atoms. The molecule has 1 aromatic carbocycles. The maximum absolute atomic E-state index is 11.7. The summed E-state index contributed by atoms with van der Waals surface area (Å²) in [6.45, 7) is 0. The van der Waals surface area contributed by atoms with Gasteiger partial charge in [0.25, 0.3) is 0 Å². The van der Waals surface area contributed by atoms with Gasteiger partial charge in [-0.2, -0.15) is 0 Å². The number of hydrogen-bond donors (Lipinski definition) is 1. The molecule has 0 aromatic heterocycles. The Bertz CT molecular complexity index is 533. The molecule has 5 heteroatoms. The van der Waals surface area contributed by atoms with Gasteiger partial charge >= 0.3 is 0 Å². The first-order valence-electron chi connectivity index (χ1n) is 4.55. The third-order valence-corrected chi connectivity index (χ3v) is 2.47. The van der Waals surface area contributed by atoms with Crippen molar-refractivity contribution >= 4 is 23.3 Å². The Morgan fingerprint density at radius 3 is 2.12 bits per heavy atom. The van der Waals surface area contributed by atoms with Crippen LogP contribution in [0.2, 0.25) is 0 Å². The summed E-state index contributed by atoms with van der Waals surface area (Å²) in [5.41, 5.74) is 5.05. The van der Waals surface area contributed by atoms with E-state index in [0.717, 1.165) is 0 Å². The molecular weight excluding hydrogens is 210 g/mol. The summed E-state index contributed by atoms with van der Waals surface area (Å²) in [6, 6.07) is 5.88. The van der Waals surface area contributed by atoms with Gasteiger partial charge in [-0.1, -0.05) is 24.3 Å². The number of carbonyl (C=O) groups excluding carboxylic acids is 4. The van der Waals surface area contributed by atoms with Gasteiger partial charge in [0, 0.05) is 11.1 Å². The minimum atomic E-state index is -1.66. The summed E-state index contributed by atoms with van der Waals surface area (Å²) in [5, 5.41) is 0. The number of ketones is 3. The molecule has 80 valence electrons. The van der Waals surface area contributed by atoms with Crippen LogP contribution in [0, 0.1) is 5.92 Å². The number of primary amides is 1. The van der Waals surface area contributed by atoms with E-state index in [1.54, 1.807) is 12.1 Å². The van der Waals surface area contributed by atoms with E-state index >= 15 is 0 Å². The molecule has 0 aliphatic heterocycles. The minimum Gasteiger partial charge on any atom is -0.369 e. The van der Waals surface area contributed by atoms with Gasteiger partial charge in [0.15, 0.2) is 11.7 Å². The first-order chi connectivity index (χ1) is 7.54. The second-order valence-electron chi connectivity index (χ2n) is 3.44. The Hall–Kier alpha value is -2.30. The lowest BCUT2D eigenvalue weighted by molar-refractivity contribution is -0.128. The van der Waals surface area contributed by atoms with E-state index in [-0.39, 0.29) is 11.1 Å². The van der Waals surface area contributed by atoms with E-state index in [1.807, 2.05) is 0 Å². The van der Waals surface area contributed by atoms with Gasteiger partial charge < -0.3 is 5.73 Å². The summed E-state index contributed by atoms with van der Waals surface area (Å²) < 4.78 is 0. The molecule has 0 saturated heterocycles. The highest BCUT2D eigenvalue weighted by Gasteiger charge is 2.43. The fourth-order valence-corrected chi connectivity index (χ4v) is 1.69. The Labute approximate surface area is 90.2 Å². The topological polar surface area (TPSA) is 94.3 Å². The Kier molecular flexibility index (Phi) is 2.16. The Morgan fingerprint density at radius 1 is 1.00 bits per heavy atom. The van der Waals surface area contributed by atoms with Crippen LogP contribution in [-0.4, -0.2) is 23.3 Å². The molecule has 0 bridgehead atoms. The maximum Gasteiger partial charge on any atom is 0.236 e. The van der Waals surface area contributed by atoms with Gasteiger partial charge in [-0.05, 0) is 0 Å². The summed E-state index contributed by atoms with van der Waals surface area (Å²) in [4.78, 5) is 45.7. The van der Waals surface area contributed by atoms with Crippen LogP contribution in [0.1, 0.15) is 20.7 Å². The van der Waals surface area contributed by atoms with Crippen molar-refractivity contribution in [2.75, 3.05) is 0 Å². The van der Waals surface area contributed by atoms with Crippen LogP contribution in [-0.2, 0) is 9.59 Å². The monoisotopic (exact) mass is 217 g/mol. The summed E-state index contributed by atoms with van der Waals surface area (Å²) in [6.07, 6.45) is 0. The number of nitrogens with two attached hydrogens (primary N) is 1. The molecule has 2 N–H and O–H groups in total.